The molecule has 0 saturated heterocycles. The van der Waals surface area contributed by atoms with Gasteiger partial charge in [-0.3, -0.25) is 0 Å². The van der Waals surface area contributed by atoms with Gasteiger partial charge in [0.2, 0.25) is 0 Å². The lowest BCUT2D eigenvalue weighted by atomic mass is 10.1. The molecule has 5 rings (SSSR count). The van der Waals surface area contributed by atoms with Crippen LogP contribution < -0.4 is 5.32 Å². The third kappa shape index (κ3) is 4.92. The minimum absolute atomic E-state index is 0.0361. The Morgan fingerprint density at radius 2 is 2.19 bits per heavy atom. The van der Waals surface area contributed by atoms with Crippen LogP contribution in [0.25, 0.3) is 11.2 Å². The Labute approximate surface area is 227 Å². The van der Waals surface area contributed by atoms with Crippen LogP contribution in [0.5, 0.6) is 0 Å². The van der Waals surface area contributed by atoms with E-state index in [2.05, 4.69) is 25.6 Å². The summed E-state index contributed by atoms with van der Waals surface area (Å²) in [6.07, 6.45) is -15.9. The lowest BCUT2D eigenvalue weighted by molar-refractivity contribution is -0.0629. The first-order valence-corrected chi connectivity index (χ1v) is 11.8. The summed E-state index contributed by atoms with van der Waals surface area (Å²) in [4.78, 5) is 8.45. The molecule has 2 aliphatic rings. The van der Waals surface area contributed by atoms with Gasteiger partial charge in [-0.1, -0.05) is 36.0 Å². The maximum atomic E-state index is 14.3. The van der Waals surface area contributed by atoms with E-state index in [1.54, 1.807) is 13.0 Å². The highest BCUT2D eigenvalue weighted by Crippen LogP contribution is 2.44. The normalized spacial score (nSPS) is 44.5. The lowest BCUT2D eigenvalue weighted by Crippen LogP contribution is -2.33. The fourth-order valence-corrected chi connectivity index (χ4v) is 4.12. The largest absolute Gasteiger partial charge is 0.394 e. The van der Waals surface area contributed by atoms with Crippen molar-refractivity contribution < 1.29 is 39.5 Å². The van der Waals surface area contributed by atoms with E-state index in [9.17, 15) is 19.7 Å². The Morgan fingerprint density at radius 1 is 1.36 bits per heavy atom. The van der Waals surface area contributed by atoms with Crippen LogP contribution in [0.4, 0.5) is 10.2 Å². The Hall–Kier alpha value is -2.38. The fraction of sp³-hybridized carbons (Fsp3) is 0.583. The molecule has 0 radical (unpaired) electrons. The second-order valence-electron chi connectivity index (χ2n) is 7.92. The zero-order valence-corrected chi connectivity index (χ0v) is 20.0. The highest BCUT2D eigenvalue weighted by molar-refractivity contribution is 7.99. The number of aromatic nitrogens is 5. The summed E-state index contributed by atoms with van der Waals surface area (Å²) in [6, 6.07) is -0.142. The number of hydrogen-bond acceptors (Lipinski definition) is 10. The first-order valence-electron chi connectivity index (χ1n) is 16.5. The highest BCUT2D eigenvalue weighted by atomic mass is 32.2. The van der Waals surface area contributed by atoms with Gasteiger partial charge < -0.3 is 25.4 Å². The average Bonchev–Trinajstić information content (AvgIpc) is 3.41. The number of aryl methyl sites for hydroxylation is 1. The smallest absolute Gasteiger partial charge is 0.191 e. The summed E-state index contributed by atoms with van der Waals surface area (Å²) in [6.45, 7) is -1.68. The van der Waals surface area contributed by atoms with Crippen LogP contribution in [-0.2, 0) is 4.74 Å². The molecule has 0 bridgehead atoms. The molecule has 3 aromatic rings. The first-order chi connectivity index (χ1) is 21.4. The van der Waals surface area contributed by atoms with Crippen LogP contribution in [0.2, 0.25) is 0 Å². The summed E-state index contributed by atoms with van der Waals surface area (Å²) in [5.41, 5.74) is -2.24. The van der Waals surface area contributed by atoms with E-state index in [1.807, 2.05) is 0 Å². The molecule has 36 heavy (non-hydrogen) atoms. The van der Waals surface area contributed by atoms with Gasteiger partial charge in [-0.2, -0.15) is 0 Å². The van der Waals surface area contributed by atoms with Crippen molar-refractivity contribution in [3.63, 3.8) is 0 Å². The molecule has 2 aliphatic carbocycles. The van der Waals surface area contributed by atoms with Gasteiger partial charge in [-0.05, 0) is 37.0 Å². The predicted octanol–water partition coefficient (Wildman–Crippen LogP) is 2.18. The molecule has 2 aromatic heterocycles. The van der Waals surface area contributed by atoms with Crippen LogP contribution in [0.3, 0.4) is 0 Å². The first kappa shape index (κ1) is 15.1. The molecule has 2 heterocycles. The van der Waals surface area contributed by atoms with E-state index in [0.717, 1.165) is 0 Å². The van der Waals surface area contributed by atoms with Gasteiger partial charge in [0.25, 0.3) is 0 Å². The minimum Gasteiger partial charge on any atom is -0.394 e. The summed E-state index contributed by atoms with van der Waals surface area (Å²) in [5, 5.41) is 41.7. The van der Waals surface area contributed by atoms with Crippen molar-refractivity contribution in [2.75, 3.05) is 24.2 Å². The molecule has 2 fully saturated rings. The number of aliphatic hydroxyl groups is 3. The number of benzene rings is 1. The summed E-state index contributed by atoms with van der Waals surface area (Å²) < 4.78 is 112. The van der Waals surface area contributed by atoms with Crippen LogP contribution in [0.1, 0.15) is 64.3 Å². The van der Waals surface area contributed by atoms with Crippen LogP contribution in [0, 0.1) is 12.7 Å². The van der Waals surface area contributed by atoms with E-state index < -0.39 is 72.9 Å². The molecule has 4 N–H and O–H groups in total. The van der Waals surface area contributed by atoms with Crippen LogP contribution in [-0.4, -0.2) is 83.4 Å². The van der Waals surface area contributed by atoms with E-state index >= 15 is 0 Å². The Morgan fingerprint density at radius 3 is 2.94 bits per heavy atom. The summed E-state index contributed by atoms with van der Waals surface area (Å²) >= 11 is 0.502. The quantitative estimate of drug-likeness (QED) is 0.228. The number of nitrogens with zero attached hydrogens (tertiary/aromatic N) is 5. The molecule has 10 nitrogen and oxygen atoms in total. The Balaban J connectivity index is 1.68. The van der Waals surface area contributed by atoms with Crippen molar-refractivity contribution in [3.05, 3.63) is 35.1 Å². The maximum absolute atomic E-state index is 14.3. The monoisotopic (exact) mass is 529 g/mol. The molecule has 2 saturated carbocycles. The van der Waals surface area contributed by atoms with Gasteiger partial charge in [0.15, 0.2) is 22.1 Å². The molecule has 0 aliphatic heterocycles. The standard InChI is InChI=1S/C24H31FN6O4S/c1-3-8-36-24-27-22(26-16-10-14(16)13-5-4-12(2)15(25)9-13)19-23(28-24)31(30-29-19)17-11-18(35-7-6-32)21(34)20(17)33/h4-5,9,14,16-18,20-21,32-34H,3,6-8,10-11H2,1-2H3,(H,26,27,28)/t14-,16+,17+,18-,20-,21+/m0/s1/i7D2,8D2,11D2,14D,17D,18D,20D,21D. The lowest BCUT2D eigenvalue weighted by Gasteiger charge is -2.17. The van der Waals surface area contributed by atoms with E-state index in [4.69, 9.17) is 19.8 Å². The Kier molecular flexibility index (Phi) is 4.43. The molecule has 194 valence electrons. The van der Waals surface area contributed by atoms with Crippen molar-refractivity contribution in [1.82, 2.24) is 25.0 Å². The van der Waals surface area contributed by atoms with Gasteiger partial charge in [-0.15, -0.1) is 5.10 Å². The predicted molar refractivity (Wildman–Crippen MR) is 133 cm³/mol. The number of rotatable bonds is 10. The SMILES string of the molecule is [2H]C([2H])(CO)O[C@@]1([2H])C([2H])([2H])[C@@]([2H])(n2nnc3c(N[C@@H]4C[C@@]4([2H])c4ccc(C)c(F)c4)nc(SC([2H])([2H])CC)nc32)[C@]([2H])(O)[C@]1([2H])O. The topological polar surface area (TPSA) is 138 Å². The summed E-state index contributed by atoms with van der Waals surface area (Å²) in [7, 11) is 0. The Bertz CT molecular complexity index is 1740. The highest BCUT2D eigenvalue weighted by Gasteiger charge is 2.45. The van der Waals surface area contributed by atoms with Gasteiger partial charge in [0.05, 0.1) is 33.5 Å². The molecular weight excluding hydrogens is 487 g/mol. The van der Waals surface area contributed by atoms with E-state index in [-0.39, 0.29) is 34.0 Å². The average molecular weight is 530 g/mol. The van der Waals surface area contributed by atoms with Crippen LogP contribution in [0.15, 0.2) is 23.4 Å². The van der Waals surface area contributed by atoms with Gasteiger partial charge >= 0.3 is 0 Å². The summed E-state index contributed by atoms with van der Waals surface area (Å²) in [5.74, 6) is -2.06. The number of thioether (sulfide) groups is 1. The van der Waals surface area contributed by atoms with E-state index in [0.29, 0.717) is 22.9 Å². The number of fused-ring (bicyclic) bond motifs is 1. The number of ether oxygens (including phenoxy) is 1. The molecule has 0 spiro atoms. The third-order valence-electron chi connectivity index (χ3n) is 5.47. The fourth-order valence-electron chi connectivity index (χ4n) is 3.58. The molecule has 6 atom stereocenters. The number of aliphatic hydroxyl groups excluding tert-OH is 1. The van der Waals surface area contributed by atoms with E-state index in [1.165, 1.54) is 19.1 Å². The van der Waals surface area contributed by atoms with Crippen molar-refractivity contribution in [3.8, 4) is 0 Å². The number of hydrogen-bond donors (Lipinski definition) is 4. The minimum atomic E-state index is -4.13. The van der Waals surface area contributed by atoms with Crippen molar-refractivity contribution in [2.45, 2.75) is 74.4 Å². The molecular formula is C24H31FN6O4S. The zero-order valence-electron chi connectivity index (χ0n) is 30.2. The second kappa shape index (κ2) is 10.5. The van der Waals surface area contributed by atoms with Crippen LogP contribution >= 0.6 is 11.8 Å². The van der Waals surface area contributed by atoms with Crippen molar-refractivity contribution >= 4 is 28.7 Å². The third-order valence-corrected chi connectivity index (χ3v) is 6.27. The maximum Gasteiger partial charge on any atom is 0.191 e. The second-order valence-corrected chi connectivity index (χ2v) is 8.78. The number of anilines is 1. The van der Waals surface area contributed by atoms with Gasteiger partial charge in [-0.25, -0.2) is 19.0 Å². The molecule has 0 unspecified atom stereocenters. The van der Waals surface area contributed by atoms with Gasteiger partial charge in [0, 0.05) is 30.9 Å². The van der Waals surface area contributed by atoms with Crippen molar-refractivity contribution in [2.24, 2.45) is 0 Å². The molecule has 12 heteroatoms. The van der Waals surface area contributed by atoms with Gasteiger partial charge in [0.1, 0.15) is 18.0 Å². The number of nitrogens with one attached hydrogen (secondary N) is 1. The molecule has 1 aromatic carbocycles. The zero-order chi connectivity index (χ0) is 35.4. The molecule has 0 amide bonds. The van der Waals surface area contributed by atoms with Crippen molar-refractivity contribution in [1.29, 1.82) is 0 Å². The number of halogens is 1.